The Morgan fingerprint density at radius 2 is 1.69 bits per heavy atom. The number of hydrogen-bond acceptors (Lipinski definition) is 4. The second-order valence-corrected chi connectivity index (χ2v) is 8.64. The summed E-state index contributed by atoms with van der Waals surface area (Å²) >= 11 is 0. The highest BCUT2D eigenvalue weighted by atomic mass is 19.3. The summed E-state index contributed by atoms with van der Waals surface area (Å²) in [7, 11) is 0. The lowest BCUT2D eigenvalue weighted by Crippen LogP contribution is -2.65. The summed E-state index contributed by atoms with van der Waals surface area (Å²) in [6, 6.07) is 10.4. The summed E-state index contributed by atoms with van der Waals surface area (Å²) in [5.41, 5.74) is -1.10. The third-order valence-electron chi connectivity index (χ3n) is 6.17. The van der Waals surface area contributed by atoms with Crippen LogP contribution in [0.25, 0.3) is 0 Å². The molecule has 0 saturated carbocycles. The molecule has 8 nitrogen and oxygen atoms in total. The van der Waals surface area contributed by atoms with Gasteiger partial charge >= 0.3 is 12.1 Å². The van der Waals surface area contributed by atoms with Gasteiger partial charge in [0, 0.05) is 42.7 Å². The van der Waals surface area contributed by atoms with Crippen LogP contribution < -0.4 is 4.48 Å². The first-order chi connectivity index (χ1) is 14.8. The minimum Gasteiger partial charge on any atom is -0.481 e. The average Bonchev–Trinajstić information content (AvgIpc) is 2.72. The van der Waals surface area contributed by atoms with Gasteiger partial charge in [-0.3, -0.25) is 14.9 Å². The Hall–Kier alpha value is -3.40. The fourth-order valence-electron chi connectivity index (χ4n) is 4.45. The van der Waals surface area contributed by atoms with Gasteiger partial charge in [0.05, 0.1) is 4.92 Å². The van der Waals surface area contributed by atoms with Gasteiger partial charge in [0.15, 0.2) is 0 Å². The molecule has 10 heteroatoms. The molecule has 0 spiro atoms. The molecule has 3 unspecified atom stereocenters. The molecule has 3 rings (SSSR count). The fraction of sp³-hybridized carbons (Fsp3) is 0.364. The number of carboxylic acids is 1. The number of hydrogen-bond donors (Lipinski definition) is 2. The summed E-state index contributed by atoms with van der Waals surface area (Å²) in [5.74, 6) is -4.78. The molecule has 0 aromatic heterocycles. The van der Waals surface area contributed by atoms with Gasteiger partial charge in [-0.1, -0.05) is 24.3 Å². The van der Waals surface area contributed by atoms with Crippen LogP contribution in [0.2, 0.25) is 0 Å². The Bertz CT molecular complexity index is 1050. The van der Waals surface area contributed by atoms with E-state index in [2.05, 4.69) is 0 Å². The number of nitro groups is 1. The molecule has 2 aromatic rings. The van der Waals surface area contributed by atoms with Gasteiger partial charge in [-0.25, -0.2) is 8.78 Å². The molecule has 1 aliphatic rings. The van der Waals surface area contributed by atoms with E-state index < -0.39 is 38.7 Å². The lowest BCUT2D eigenvalue weighted by atomic mass is 9.73. The van der Waals surface area contributed by atoms with Crippen molar-refractivity contribution in [1.82, 2.24) is 4.48 Å². The van der Waals surface area contributed by atoms with E-state index in [4.69, 9.17) is 0 Å². The quantitative estimate of drug-likeness (QED) is 0.378. The Morgan fingerprint density at radius 3 is 2.12 bits per heavy atom. The van der Waals surface area contributed by atoms with Gasteiger partial charge in [0.2, 0.25) is 0 Å². The molecule has 2 aromatic carbocycles. The number of quaternary nitrogens is 1. The first-order valence-corrected chi connectivity index (χ1v) is 9.86. The average molecular weight is 449 g/mol. The highest BCUT2D eigenvalue weighted by Gasteiger charge is 2.56. The number of halogens is 2. The van der Waals surface area contributed by atoms with Gasteiger partial charge in [-0.05, 0) is 18.9 Å². The first-order valence-electron chi connectivity index (χ1n) is 9.86. The summed E-state index contributed by atoms with van der Waals surface area (Å²) < 4.78 is 26.4. The normalized spacial score (nSPS) is 25.8. The number of nitro benzene ring substituents is 1. The molecule has 0 radical (unpaired) electrons. The van der Waals surface area contributed by atoms with Crippen LogP contribution in [0, 0.1) is 15.5 Å². The minimum absolute atomic E-state index is 0.0299. The van der Waals surface area contributed by atoms with Crippen molar-refractivity contribution < 1.29 is 33.5 Å². The molecule has 1 aliphatic heterocycles. The van der Waals surface area contributed by atoms with Crippen molar-refractivity contribution in [2.24, 2.45) is 5.41 Å². The molecule has 1 saturated heterocycles. The molecule has 0 aliphatic carbocycles. The van der Waals surface area contributed by atoms with E-state index in [1.807, 2.05) is 0 Å². The molecule has 0 bridgehead atoms. The van der Waals surface area contributed by atoms with Gasteiger partial charge in [-0.15, -0.1) is 0 Å². The maximum absolute atomic E-state index is 13.6. The van der Waals surface area contributed by atoms with Crippen LogP contribution in [-0.4, -0.2) is 40.3 Å². The van der Waals surface area contributed by atoms with Crippen molar-refractivity contribution in [2.45, 2.75) is 32.1 Å². The van der Waals surface area contributed by atoms with Crippen molar-refractivity contribution in [3.8, 4) is 0 Å². The molecule has 170 valence electrons. The molecular weight excluding hydrogens is 426 g/mol. The molecule has 1 heterocycles. The number of carbonyl (C=O) groups is 2. The van der Waals surface area contributed by atoms with Crippen molar-refractivity contribution in [3.63, 3.8) is 0 Å². The number of amides is 1. The molecular formula is C22H23F2N2O6+. The van der Waals surface area contributed by atoms with Crippen molar-refractivity contribution >= 4 is 23.4 Å². The standard InChI is InChI=1S/C22H22F2N2O6/c1-21(19(27)28)11-15(14-3-5-16(6-4-14)22(2,23)24)12-26(13-21,20(29)30)18-9-7-17(8-10-18)25(31)32/h3-10,15H,11-13H2,1-2H3,(H-,27,28,29,30)/p+1. The highest BCUT2D eigenvalue weighted by molar-refractivity contribution is 5.84. The van der Waals surface area contributed by atoms with Crippen LogP contribution in [0.15, 0.2) is 48.5 Å². The van der Waals surface area contributed by atoms with Crippen LogP contribution in [0.4, 0.5) is 25.0 Å². The predicted octanol–water partition coefficient (Wildman–Crippen LogP) is 4.97. The Kier molecular flexibility index (Phi) is 5.77. The molecule has 32 heavy (non-hydrogen) atoms. The van der Waals surface area contributed by atoms with E-state index in [0.717, 1.165) is 6.92 Å². The minimum atomic E-state index is -3.04. The molecule has 1 fully saturated rings. The number of likely N-dealkylation sites (tertiary alicyclic amines) is 1. The second-order valence-electron chi connectivity index (χ2n) is 8.64. The highest BCUT2D eigenvalue weighted by Crippen LogP contribution is 2.45. The van der Waals surface area contributed by atoms with E-state index in [1.54, 1.807) is 0 Å². The van der Waals surface area contributed by atoms with Gasteiger partial charge < -0.3 is 10.2 Å². The third kappa shape index (κ3) is 4.18. The SMILES string of the molecule is CC1(C(=O)O)CC(c2ccc(C(C)(F)F)cc2)C[N+](C(=O)O)(c2ccc([N+](=O)[O-])cc2)C1. The fourth-order valence-corrected chi connectivity index (χ4v) is 4.45. The van der Waals surface area contributed by atoms with E-state index >= 15 is 0 Å². The van der Waals surface area contributed by atoms with Gasteiger partial charge in [0.25, 0.3) is 11.6 Å². The predicted molar refractivity (Wildman–Crippen MR) is 112 cm³/mol. The zero-order chi connectivity index (χ0) is 23.9. The smallest absolute Gasteiger partial charge is 0.481 e. The van der Waals surface area contributed by atoms with Gasteiger partial charge in [0.1, 0.15) is 24.2 Å². The number of rotatable bonds is 5. The van der Waals surface area contributed by atoms with Crippen molar-refractivity contribution in [3.05, 3.63) is 69.8 Å². The maximum atomic E-state index is 13.6. The number of carboxylic acid groups (broad SMARTS) is 2. The van der Waals surface area contributed by atoms with E-state index in [-0.39, 0.29) is 36.4 Å². The van der Waals surface area contributed by atoms with Crippen LogP contribution in [0.5, 0.6) is 0 Å². The van der Waals surface area contributed by atoms with Gasteiger partial charge in [-0.2, -0.15) is 9.28 Å². The number of aliphatic carboxylic acids is 1. The largest absolute Gasteiger partial charge is 0.518 e. The van der Waals surface area contributed by atoms with E-state index in [9.17, 15) is 38.7 Å². The maximum Gasteiger partial charge on any atom is 0.518 e. The summed E-state index contributed by atoms with van der Waals surface area (Å²) in [5, 5.41) is 31.1. The zero-order valence-electron chi connectivity index (χ0n) is 17.5. The second kappa shape index (κ2) is 7.94. The van der Waals surface area contributed by atoms with Crippen molar-refractivity contribution in [2.75, 3.05) is 13.1 Å². The lowest BCUT2D eigenvalue weighted by molar-refractivity contribution is -0.384. The monoisotopic (exact) mass is 449 g/mol. The molecule has 3 atom stereocenters. The van der Waals surface area contributed by atoms with E-state index in [1.165, 1.54) is 55.5 Å². The lowest BCUT2D eigenvalue weighted by Gasteiger charge is -2.45. The number of non-ortho nitro benzene ring substituents is 1. The third-order valence-corrected chi connectivity index (χ3v) is 6.17. The number of benzene rings is 2. The van der Waals surface area contributed by atoms with Crippen LogP contribution in [0.3, 0.4) is 0 Å². The summed E-state index contributed by atoms with van der Waals surface area (Å²) in [6.45, 7) is 1.93. The molecule has 2 N–H and O–H groups in total. The summed E-state index contributed by atoms with van der Waals surface area (Å²) in [4.78, 5) is 35.0. The van der Waals surface area contributed by atoms with Crippen LogP contribution in [-0.2, 0) is 10.7 Å². The van der Waals surface area contributed by atoms with Crippen LogP contribution in [0.1, 0.15) is 37.3 Å². The first kappa shape index (κ1) is 23.3. The summed E-state index contributed by atoms with van der Waals surface area (Å²) in [6.07, 6.45) is -1.18. The van der Waals surface area contributed by atoms with E-state index in [0.29, 0.717) is 5.56 Å². The molecule has 1 amide bonds. The zero-order valence-corrected chi connectivity index (χ0v) is 17.5. The van der Waals surface area contributed by atoms with Crippen molar-refractivity contribution in [1.29, 1.82) is 0 Å². The van der Waals surface area contributed by atoms with Crippen LogP contribution >= 0.6 is 0 Å². The topological polar surface area (TPSA) is 118 Å². The Balaban J connectivity index is 2.10. The number of nitrogens with zero attached hydrogens (tertiary/aromatic N) is 2. The number of piperidine rings is 1. The Morgan fingerprint density at radius 1 is 1.12 bits per heavy atom. The number of alkyl halides is 2. The Labute approximate surface area is 182 Å².